The van der Waals surface area contributed by atoms with Gasteiger partial charge in [0.2, 0.25) is 20.0 Å². The minimum Gasteiger partial charge on any atom is -0.330 e. The first-order valence-electron chi connectivity index (χ1n) is 6.55. The van der Waals surface area contributed by atoms with Gasteiger partial charge in [-0.2, -0.15) is 4.31 Å². The van der Waals surface area contributed by atoms with Crippen molar-refractivity contribution in [1.82, 2.24) is 9.03 Å². The molecule has 21 heavy (non-hydrogen) atoms. The third-order valence-corrected chi connectivity index (χ3v) is 6.93. The SMILES string of the molecule is CNS(=O)(=O)c1ccc(S(=O)(=O)N2CCC(CN)C2)cc1. The lowest BCUT2D eigenvalue weighted by Gasteiger charge is -2.16. The molecule has 1 fully saturated rings. The molecule has 1 atom stereocenters. The molecule has 0 amide bonds. The molecule has 1 aliphatic rings. The summed E-state index contributed by atoms with van der Waals surface area (Å²) in [5, 5.41) is 0. The van der Waals surface area contributed by atoms with Crippen LogP contribution in [0.3, 0.4) is 0 Å². The number of nitrogens with zero attached hydrogens (tertiary/aromatic N) is 1. The van der Waals surface area contributed by atoms with Crippen molar-refractivity contribution in [2.75, 3.05) is 26.7 Å². The number of benzene rings is 1. The van der Waals surface area contributed by atoms with Crippen LogP contribution in [-0.2, 0) is 20.0 Å². The number of nitrogens with one attached hydrogen (secondary N) is 1. The first-order chi connectivity index (χ1) is 9.81. The maximum absolute atomic E-state index is 12.4. The third-order valence-electron chi connectivity index (χ3n) is 3.62. The summed E-state index contributed by atoms with van der Waals surface area (Å²) in [5.41, 5.74) is 5.57. The summed E-state index contributed by atoms with van der Waals surface area (Å²) < 4.78 is 51.7. The van der Waals surface area contributed by atoms with Gasteiger partial charge in [-0.05, 0) is 50.2 Å². The Bertz CT molecular complexity index is 699. The number of hydrogen-bond acceptors (Lipinski definition) is 5. The summed E-state index contributed by atoms with van der Waals surface area (Å²) in [6.07, 6.45) is 0.752. The largest absolute Gasteiger partial charge is 0.330 e. The maximum atomic E-state index is 12.4. The van der Waals surface area contributed by atoms with E-state index in [2.05, 4.69) is 4.72 Å². The van der Waals surface area contributed by atoms with Crippen molar-refractivity contribution in [3.63, 3.8) is 0 Å². The third kappa shape index (κ3) is 3.27. The van der Waals surface area contributed by atoms with Crippen molar-refractivity contribution in [3.8, 4) is 0 Å². The van der Waals surface area contributed by atoms with Crippen LogP contribution >= 0.6 is 0 Å². The van der Waals surface area contributed by atoms with E-state index in [0.29, 0.717) is 19.6 Å². The van der Waals surface area contributed by atoms with Gasteiger partial charge >= 0.3 is 0 Å². The molecule has 1 saturated heterocycles. The first kappa shape index (κ1) is 16.4. The fraction of sp³-hybridized carbons (Fsp3) is 0.500. The second-order valence-electron chi connectivity index (χ2n) is 4.93. The summed E-state index contributed by atoms with van der Waals surface area (Å²) in [6.45, 7) is 1.32. The molecule has 0 radical (unpaired) electrons. The molecule has 2 rings (SSSR count). The number of sulfonamides is 2. The van der Waals surface area contributed by atoms with E-state index in [0.717, 1.165) is 6.42 Å². The highest BCUT2D eigenvalue weighted by atomic mass is 32.2. The first-order valence-corrected chi connectivity index (χ1v) is 9.47. The summed E-state index contributed by atoms with van der Waals surface area (Å²) in [6, 6.07) is 5.20. The highest BCUT2D eigenvalue weighted by molar-refractivity contribution is 7.89. The van der Waals surface area contributed by atoms with Gasteiger partial charge in [0, 0.05) is 13.1 Å². The lowest BCUT2D eigenvalue weighted by Crippen LogP contribution is -2.30. The molecule has 0 spiro atoms. The van der Waals surface area contributed by atoms with Crippen LogP contribution in [0.5, 0.6) is 0 Å². The van der Waals surface area contributed by atoms with Crippen LogP contribution in [0, 0.1) is 5.92 Å². The van der Waals surface area contributed by atoms with Gasteiger partial charge in [-0.25, -0.2) is 21.6 Å². The Morgan fingerprint density at radius 1 is 1.19 bits per heavy atom. The molecule has 0 saturated carbocycles. The normalized spacial score (nSPS) is 20.8. The van der Waals surface area contributed by atoms with Crippen LogP contribution in [0.15, 0.2) is 34.1 Å². The zero-order valence-corrected chi connectivity index (χ0v) is 13.3. The van der Waals surface area contributed by atoms with Crippen molar-refractivity contribution in [1.29, 1.82) is 0 Å². The van der Waals surface area contributed by atoms with E-state index in [9.17, 15) is 16.8 Å². The van der Waals surface area contributed by atoms with Crippen LogP contribution < -0.4 is 10.5 Å². The topological polar surface area (TPSA) is 110 Å². The molecule has 7 nitrogen and oxygen atoms in total. The van der Waals surface area contributed by atoms with E-state index in [4.69, 9.17) is 5.73 Å². The highest BCUT2D eigenvalue weighted by Gasteiger charge is 2.31. The standard InChI is InChI=1S/C12H19N3O4S2/c1-14-20(16,17)11-2-4-12(5-3-11)21(18,19)15-7-6-10(8-13)9-15/h2-5,10,14H,6-9,13H2,1H3. The van der Waals surface area contributed by atoms with Crippen molar-refractivity contribution in [2.24, 2.45) is 11.7 Å². The summed E-state index contributed by atoms with van der Waals surface area (Å²) in [7, 11) is -5.85. The van der Waals surface area contributed by atoms with E-state index in [-0.39, 0.29) is 15.7 Å². The smallest absolute Gasteiger partial charge is 0.243 e. The average Bonchev–Trinajstić information content (AvgIpc) is 2.97. The molecule has 0 aromatic heterocycles. The van der Waals surface area contributed by atoms with Crippen molar-refractivity contribution in [3.05, 3.63) is 24.3 Å². The van der Waals surface area contributed by atoms with Crippen LogP contribution in [0.25, 0.3) is 0 Å². The molecule has 9 heteroatoms. The highest BCUT2D eigenvalue weighted by Crippen LogP contribution is 2.24. The minimum atomic E-state index is -3.59. The number of nitrogens with two attached hydrogens (primary N) is 1. The van der Waals surface area contributed by atoms with Gasteiger partial charge < -0.3 is 5.73 Å². The Morgan fingerprint density at radius 2 is 1.76 bits per heavy atom. The number of rotatable bonds is 5. The fourth-order valence-corrected chi connectivity index (χ4v) is 4.53. The molecule has 0 bridgehead atoms. The second kappa shape index (κ2) is 6.01. The van der Waals surface area contributed by atoms with Crippen LogP contribution in [0.4, 0.5) is 0 Å². The Kier molecular flexibility index (Phi) is 4.69. The van der Waals surface area contributed by atoms with Gasteiger partial charge in [-0.1, -0.05) is 0 Å². The van der Waals surface area contributed by atoms with Crippen molar-refractivity contribution < 1.29 is 16.8 Å². The molecule has 1 heterocycles. The summed E-state index contributed by atoms with van der Waals surface area (Å²) >= 11 is 0. The van der Waals surface area contributed by atoms with E-state index < -0.39 is 20.0 Å². The minimum absolute atomic E-state index is 0.0326. The van der Waals surface area contributed by atoms with Gasteiger partial charge in [0.25, 0.3) is 0 Å². The molecular weight excluding hydrogens is 314 g/mol. The van der Waals surface area contributed by atoms with E-state index in [1.54, 1.807) is 0 Å². The van der Waals surface area contributed by atoms with Crippen LogP contribution in [-0.4, -0.2) is 47.8 Å². The van der Waals surface area contributed by atoms with Crippen molar-refractivity contribution >= 4 is 20.0 Å². The van der Waals surface area contributed by atoms with E-state index in [1.165, 1.54) is 35.6 Å². The molecule has 0 aliphatic carbocycles. The zero-order valence-electron chi connectivity index (χ0n) is 11.7. The van der Waals surface area contributed by atoms with Crippen LogP contribution in [0.1, 0.15) is 6.42 Å². The predicted molar refractivity (Wildman–Crippen MR) is 78.6 cm³/mol. The van der Waals surface area contributed by atoms with E-state index in [1.807, 2.05) is 0 Å². The Balaban J connectivity index is 2.26. The van der Waals surface area contributed by atoms with Gasteiger partial charge in [-0.15, -0.1) is 0 Å². The van der Waals surface area contributed by atoms with Gasteiger partial charge in [0.05, 0.1) is 9.79 Å². The molecule has 3 N–H and O–H groups in total. The van der Waals surface area contributed by atoms with E-state index >= 15 is 0 Å². The lowest BCUT2D eigenvalue weighted by molar-refractivity contribution is 0.459. The van der Waals surface area contributed by atoms with Gasteiger partial charge in [-0.3, -0.25) is 0 Å². The second-order valence-corrected chi connectivity index (χ2v) is 8.76. The maximum Gasteiger partial charge on any atom is 0.243 e. The van der Waals surface area contributed by atoms with Gasteiger partial charge in [0.15, 0.2) is 0 Å². The molecule has 1 aliphatic heterocycles. The Labute approximate surface area is 125 Å². The predicted octanol–water partition coefficient (Wildman–Crippen LogP) is -0.436. The molecule has 1 unspecified atom stereocenters. The fourth-order valence-electron chi connectivity index (χ4n) is 2.27. The lowest BCUT2D eigenvalue weighted by atomic mass is 10.1. The molecule has 118 valence electrons. The summed E-state index contributed by atoms with van der Waals surface area (Å²) in [4.78, 5) is 0.125. The van der Waals surface area contributed by atoms with Crippen LogP contribution in [0.2, 0.25) is 0 Å². The Hall–Kier alpha value is -1.00. The molecule has 1 aromatic carbocycles. The Morgan fingerprint density at radius 3 is 2.24 bits per heavy atom. The van der Waals surface area contributed by atoms with Gasteiger partial charge in [0.1, 0.15) is 0 Å². The molecule has 1 aromatic rings. The molecular formula is C12H19N3O4S2. The average molecular weight is 333 g/mol. The summed E-state index contributed by atoms with van der Waals surface area (Å²) in [5.74, 6) is 0.184. The monoisotopic (exact) mass is 333 g/mol. The van der Waals surface area contributed by atoms with Crippen molar-refractivity contribution in [2.45, 2.75) is 16.2 Å². The zero-order chi connectivity index (χ0) is 15.7. The quantitative estimate of drug-likeness (QED) is 0.759. The number of hydrogen-bond donors (Lipinski definition) is 2.